The third-order valence-electron chi connectivity index (χ3n) is 4.15. The Balaban J connectivity index is 2.10. The first kappa shape index (κ1) is 18.9. The van der Waals surface area contributed by atoms with Gasteiger partial charge in [-0.15, -0.1) is 0 Å². The number of morpholine rings is 1. The van der Waals surface area contributed by atoms with Crippen LogP contribution < -0.4 is 4.90 Å². The summed E-state index contributed by atoms with van der Waals surface area (Å²) in [5, 5.41) is 11.6. The molecular weight excluding hydrogens is 350 g/mol. The molecule has 0 aliphatic carbocycles. The Morgan fingerprint density at radius 2 is 1.89 bits per heavy atom. The fourth-order valence-electron chi connectivity index (χ4n) is 3.08. The molecule has 2 heterocycles. The van der Waals surface area contributed by atoms with Crippen molar-refractivity contribution in [2.45, 2.75) is 26.4 Å². The van der Waals surface area contributed by atoms with E-state index in [9.17, 15) is 14.9 Å². The van der Waals surface area contributed by atoms with E-state index in [1.54, 1.807) is 51.2 Å². The molecule has 27 heavy (non-hydrogen) atoms. The highest BCUT2D eigenvalue weighted by atomic mass is 16.6. The number of hydrogen-bond acceptors (Lipinski definition) is 6. The van der Waals surface area contributed by atoms with E-state index < -0.39 is 16.6 Å². The van der Waals surface area contributed by atoms with E-state index in [1.165, 1.54) is 10.6 Å². The summed E-state index contributed by atoms with van der Waals surface area (Å²) in [7, 11) is 0. The second-order valence-electron chi connectivity index (χ2n) is 7.27. The molecule has 8 nitrogen and oxygen atoms in total. The zero-order valence-corrected chi connectivity index (χ0v) is 15.7. The van der Waals surface area contributed by atoms with Gasteiger partial charge in [0.15, 0.2) is 0 Å². The largest absolute Gasteiger partial charge is 0.443 e. The Kier molecular flexibility index (Phi) is 5.18. The van der Waals surface area contributed by atoms with Crippen molar-refractivity contribution in [1.82, 2.24) is 4.57 Å². The van der Waals surface area contributed by atoms with Crippen LogP contribution in [-0.2, 0) is 9.47 Å². The van der Waals surface area contributed by atoms with Gasteiger partial charge in [0, 0.05) is 30.9 Å². The predicted molar refractivity (Wildman–Crippen MR) is 101 cm³/mol. The molecular formula is C19H23N3O5. The molecule has 0 atom stereocenters. The number of benzene rings is 1. The summed E-state index contributed by atoms with van der Waals surface area (Å²) in [6.45, 7) is 7.47. The van der Waals surface area contributed by atoms with E-state index in [-0.39, 0.29) is 5.69 Å². The van der Waals surface area contributed by atoms with Gasteiger partial charge in [0.1, 0.15) is 11.3 Å². The molecule has 1 saturated heterocycles. The van der Waals surface area contributed by atoms with Crippen LogP contribution in [0.25, 0.3) is 11.3 Å². The number of nitro groups is 1. The first-order valence-corrected chi connectivity index (χ1v) is 8.79. The van der Waals surface area contributed by atoms with Gasteiger partial charge in [0.25, 0.3) is 5.69 Å². The molecule has 0 N–H and O–H groups in total. The van der Waals surface area contributed by atoms with Crippen molar-refractivity contribution in [2.75, 3.05) is 31.2 Å². The molecule has 2 aromatic rings. The number of carbonyl (C=O) groups is 1. The second-order valence-corrected chi connectivity index (χ2v) is 7.27. The van der Waals surface area contributed by atoms with E-state index >= 15 is 0 Å². The molecule has 0 saturated carbocycles. The Labute approximate surface area is 157 Å². The maximum Gasteiger partial charge on any atom is 0.418 e. The quantitative estimate of drug-likeness (QED) is 0.602. The van der Waals surface area contributed by atoms with E-state index in [4.69, 9.17) is 9.47 Å². The molecule has 144 valence electrons. The van der Waals surface area contributed by atoms with E-state index in [1.807, 2.05) is 4.90 Å². The first-order valence-electron chi connectivity index (χ1n) is 8.79. The van der Waals surface area contributed by atoms with Crippen molar-refractivity contribution in [3.63, 3.8) is 0 Å². The van der Waals surface area contributed by atoms with Crippen molar-refractivity contribution in [3.05, 3.63) is 46.6 Å². The molecule has 0 unspecified atom stereocenters. The zero-order chi connectivity index (χ0) is 19.6. The van der Waals surface area contributed by atoms with Gasteiger partial charge in [0.2, 0.25) is 0 Å². The summed E-state index contributed by atoms with van der Waals surface area (Å²) in [6, 6.07) is 8.38. The standard InChI is InChI=1S/C19H23N3O5/c1-19(2,3)27-18(23)21-9-5-8-15(21)14-6-4-7-16(22(24)25)17(14)20-10-12-26-13-11-20/h4-9H,10-13H2,1-3H3. The minimum atomic E-state index is -0.644. The lowest BCUT2D eigenvalue weighted by Gasteiger charge is -2.30. The van der Waals surface area contributed by atoms with Crippen LogP contribution in [0.4, 0.5) is 16.2 Å². The molecule has 3 rings (SSSR count). The summed E-state index contributed by atoms with van der Waals surface area (Å²) in [5.41, 5.74) is 1.02. The summed E-state index contributed by atoms with van der Waals surface area (Å²) in [6.07, 6.45) is 1.08. The van der Waals surface area contributed by atoms with Gasteiger partial charge in [-0.05, 0) is 32.9 Å². The second kappa shape index (κ2) is 7.40. The highest BCUT2D eigenvalue weighted by Crippen LogP contribution is 2.39. The number of rotatable bonds is 3. The summed E-state index contributed by atoms with van der Waals surface area (Å²) in [4.78, 5) is 25.8. The van der Waals surface area contributed by atoms with Crippen LogP contribution in [0.2, 0.25) is 0 Å². The fraction of sp³-hybridized carbons (Fsp3) is 0.421. The molecule has 1 aliphatic rings. The third kappa shape index (κ3) is 4.11. The first-order chi connectivity index (χ1) is 12.8. The van der Waals surface area contributed by atoms with Crippen LogP contribution in [0.3, 0.4) is 0 Å². The van der Waals surface area contributed by atoms with Gasteiger partial charge in [-0.1, -0.05) is 12.1 Å². The van der Waals surface area contributed by atoms with Crippen LogP contribution in [0.1, 0.15) is 20.8 Å². The van der Waals surface area contributed by atoms with Crippen molar-refractivity contribution in [2.24, 2.45) is 0 Å². The average molecular weight is 373 g/mol. The Morgan fingerprint density at radius 1 is 1.19 bits per heavy atom. The topological polar surface area (TPSA) is 86.8 Å². The van der Waals surface area contributed by atoms with Gasteiger partial charge in [-0.25, -0.2) is 4.79 Å². The van der Waals surface area contributed by atoms with Gasteiger partial charge in [-0.3, -0.25) is 14.7 Å². The summed E-state index contributed by atoms with van der Waals surface area (Å²) >= 11 is 0. The van der Waals surface area contributed by atoms with E-state index in [0.29, 0.717) is 43.2 Å². The smallest absolute Gasteiger partial charge is 0.418 e. The predicted octanol–water partition coefficient (Wildman–Crippen LogP) is 3.68. The van der Waals surface area contributed by atoms with Crippen LogP contribution in [-0.4, -0.2) is 47.5 Å². The van der Waals surface area contributed by atoms with E-state index in [2.05, 4.69) is 0 Å². The van der Waals surface area contributed by atoms with Gasteiger partial charge in [0.05, 0.1) is 23.8 Å². The summed E-state index contributed by atoms with van der Waals surface area (Å²) < 4.78 is 12.2. The number of nitro benzene ring substituents is 1. The van der Waals surface area contributed by atoms with Crippen molar-refractivity contribution >= 4 is 17.5 Å². The Bertz CT molecular complexity index is 847. The monoisotopic (exact) mass is 373 g/mol. The number of hydrogen-bond donors (Lipinski definition) is 0. The van der Waals surface area contributed by atoms with Crippen LogP contribution >= 0.6 is 0 Å². The molecule has 1 fully saturated rings. The Hall–Kier alpha value is -2.87. The molecule has 0 amide bonds. The van der Waals surface area contributed by atoms with Crippen molar-refractivity contribution in [1.29, 1.82) is 0 Å². The number of carbonyl (C=O) groups excluding carboxylic acids is 1. The maximum atomic E-state index is 12.6. The maximum absolute atomic E-state index is 12.6. The molecule has 1 aliphatic heterocycles. The fourth-order valence-corrected chi connectivity index (χ4v) is 3.08. The lowest BCUT2D eigenvalue weighted by atomic mass is 10.1. The highest BCUT2D eigenvalue weighted by molar-refractivity contribution is 5.88. The van der Waals surface area contributed by atoms with Crippen LogP contribution in [0, 0.1) is 10.1 Å². The lowest BCUT2D eigenvalue weighted by molar-refractivity contribution is -0.384. The minimum Gasteiger partial charge on any atom is -0.443 e. The van der Waals surface area contributed by atoms with Crippen LogP contribution in [0.5, 0.6) is 0 Å². The van der Waals surface area contributed by atoms with Crippen molar-refractivity contribution in [3.8, 4) is 11.3 Å². The Morgan fingerprint density at radius 3 is 2.52 bits per heavy atom. The molecule has 8 heteroatoms. The number of para-hydroxylation sites is 1. The SMILES string of the molecule is CC(C)(C)OC(=O)n1cccc1-c1cccc([N+](=O)[O-])c1N1CCOCC1. The minimum absolute atomic E-state index is 0.00587. The van der Waals surface area contributed by atoms with Crippen LogP contribution in [0.15, 0.2) is 36.5 Å². The van der Waals surface area contributed by atoms with Gasteiger partial charge < -0.3 is 14.4 Å². The number of ether oxygens (including phenoxy) is 2. The molecule has 0 spiro atoms. The molecule has 0 radical (unpaired) electrons. The van der Waals surface area contributed by atoms with Crippen molar-refractivity contribution < 1.29 is 19.2 Å². The molecule has 1 aromatic carbocycles. The third-order valence-corrected chi connectivity index (χ3v) is 4.15. The summed E-state index contributed by atoms with van der Waals surface area (Å²) in [5.74, 6) is 0. The molecule has 1 aromatic heterocycles. The molecule has 0 bridgehead atoms. The lowest BCUT2D eigenvalue weighted by Crippen LogP contribution is -2.37. The van der Waals surface area contributed by atoms with Gasteiger partial charge >= 0.3 is 6.09 Å². The number of aromatic nitrogens is 1. The average Bonchev–Trinajstić information content (AvgIpc) is 3.10. The number of nitrogens with zero attached hydrogens (tertiary/aromatic N) is 3. The van der Waals surface area contributed by atoms with E-state index in [0.717, 1.165) is 0 Å². The normalized spacial score (nSPS) is 14.9. The van der Waals surface area contributed by atoms with Gasteiger partial charge in [-0.2, -0.15) is 0 Å². The highest BCUT2D eigenvalue weighted by Gasteiger charge is 2.28. The number of anilines is 1. The zero-order valence-electron chi connectivity index (χ0n) is 15.7.